The van der Waals surface area contributed by atoms with Crippen molar-refractivity contribution in [1.29, 1.82) is 0 Å². The third kappa shape index (κ3) is 3.24. The molecule has 0 fully saturated rings. The van der Waals surface area contributed by atoms with Gasteiger partial charge in [-0.25, -0.2) is 0 Å². The molecule has 3 heteroatoms. The van der Waals surface area contributed by atoms with Crippen molar-refractivity contribution >= 4 is 17.1 Å². The second kappa shape index (κ2) is 6.02. The van der Waals surface area contributed by atoms with Crippen molar-refractivity contribution in [2.75, 3.05) is 6.61 Å². The Hall–Kier alpha value is -1.61. The lowest BCUT2D eigenvalue weighted by Crippen LogP contribution is -2.10. The number of thiophene rings is 1. The molecule has 0 aliphatic rings. The van der Waals surface area contributed by atoms with Crippen LogP contribution >= 0.6 is 11.3 Å². The summed E-state index contributed by atoms with van der Waals surface area (Å²) in [5.41, 5.74) is 2.27. The van der Waals surface area contributed by atoms with Gasteiger partial charge in [0.15, 0.2) is 6.61 Å². The van der Waals surface area contributed by atoms with Crippen LogP contribution in [0.4, 0.5) is 0 Å². The van der Waals surface area contributed by atoms with Crippen molar-refractivity contribution in [1.82, 2.24) is 0 Å². The fourth-order valence-electron chi connectivity index (χ4n) is 1.81. The van der Waals surface area contributed by atoms with Gasteiger partial charge in [-0.2, -0.15) is 0 Å². The number of carbonyl (C=O) groups excluding carboxylic acids is 1. The second-order valence-corrected chi connectivity index (χ2v) is 5.70. The molecule has 19 heavy (non-hydrogen) atoms. The van der Waals surface area contributed by atoms with Crippen molar-refractivity contribution in [3.63, 3.8) is 0 Å². The number of benzene rings is 1. The van der Waals surface area contributed by atoms with Gasteiger partial charge in [-0.1, -0.05) is 19.1 Å². The van der Waals surface area contributed by atoms with E-state index in [0.29, 0.717) is 0 Å². The van der Waals surface area contributed by atoms with Crippen LogP contribution in [0.15, 0.2) is 30.3 Å². The molecule has 1 aromatic carbocycles. The van der Waals surface area contributed by atoms with Gasteiger partial charge in [-0.3, -0.25) is 4.79 Å². The average Bonchev–Trinajstić information content (AvgIpc) is 2.89. The highest BCUT2D eigenvalue weighted by atomic mass is 32.1. The highest BCUT2D eigenvalue weighted by Gasteiger charge is 2.11. The molecule has 0 N–H and O–H groups in total. The number of carbonyl (C=O) groups is 1. The first-order chi connectivity index (χ1) is 9.11. The Kier molecular flexibility index (Phi) is 4.38. The Balaban J connectivity index is 2.02. The molecule has 0 spiro atoms. The van der Waals surface area contributed by atoms with Crippen LogP contribution in [0.5, 0.6) is 5.75 Å². The van der Waals surface area contributed by atoms with Gasteiger partial charge >= 0.3 is 0 Å². The van der Waals surface area contributed by atoms with Crippen molar-refractivity contribution in [2.45, 2.75) is 27.2 Å². The van der Waals surface area contributed by atoms with E-state index < -0.39 is 0 Å². The molecule has 1 aromatic heterocycles. The number of ketones is 1. The molecule has 0 aliphatic carbocycles. The van der Waals surface area contributed by atoms with Crippen LogP contribution in [0.1, 0.15) is 32.6 Å². The summed E-state index contributed by atoms with van der Waals surface area (Å²) in [5.74, 6) is 0.839. The lowest BCUT2D eigenvalue weighted by atomic mass is 10.1. The van der Waals surface area contributed by atoms with Crippen molar-refractivity contribution < 1.29 is 9.53 Å². The maximum Gasteiger partial charge on any atom is 0.210 e. The minimum atomic E-state index is 0.0469. The first-order valence-electron chi connectivity index (χ1n) is 6.42. The quantitative estimate of drug-likeness (QED) is 0.764. The number of hydrogen-bond donors (Lipinski definition) is 0. The Morgan fingerprint density at radius 3 is 2.68 bits per heavy atom. The summed E-state index contributed by atoms with van der Waals surface area (Å²) in [6.07, 6.45) is 0.968. The normalized spacial score (nSPS) is 10.5. The van der Waals surface area contributed by atoms with Gasteiger partial charge in [0.2, 0.25) is 5.78 Å². The standard InChI is InChI=1S/C16H18O2S/c1-4-13-8-9-16(19-13)14(17)10-18-15-7-5-6-11(2)12(15)3/h5-9H,4,10H2,1-3H3. The molecule has 0 radical (unpaired) electrons. The largest absolute Gasteiger partial charge is 0.485 e. The van der Waals surface area contributed by atoms with E-state index in [1.165, 1.54) is 10.4 Å². The van der Waals surface area contributed by atoms with Crippen LogP contribution in [-0.2, 0) is 6.42 Å². The molecule has 0 aliphatic heterocycles. The SMILES string of the molecule is CCc1ccc(C(=O)COc2cccc(C)c2C)s1. The molecule has 0 atom stereocenters. The first-order valence-corrected chi connectivity index (χ1v) is 7.24. The molecule has 0 bridgehead atoms. The molecule has 100 valence electrons. The highest BCUT2D eigenvalue weighted by Crippen LogP contribution is 2.22. The van der Waals surface area contributed by atoms with Crippen LogP contribution in [0.2, 0.25) is 0 Å². The van der Waals surface area contributed by atoms with Gasteiger partial charge in [0.05, 0.1) is 4.88 Å². The molecule has 1 heterocycles. The van der Waals surface area contributed by atoms with Crippen LogP contribution in [0.3, 0.4) is 0 Å². The second-order valence-electron chi connectivity index (χ2n) is 4.53. The summed E-state index contributed by atoms with van der Waals surface area (Å²) >= 11 is 1.55. The highest BCUT2D eigenvalue weighted by molar-refractivity contribution is 7.14. The number of ether oxygens (including phenoxy) is 1. The number of Topliss-reactive ketones (excluding diaryl/α,β-unsaturated/α-hetero) is 1. The Morgan fingerprint density at radius 2 is 2.00 bits per heavy atom. The van der Waals surface area contributed by atoms with Crippen molar-refractivity contribution in [3.8, 4) is 5.75 Å². The summed E-state index contributed by atoms with van der Waals surface area (Å²) in [6.45, 7) is 6.24. The molecular weight excluding hydrogens is 256 g/mol. The zero-order valence-corrected chi connectivity index (χ0v) is 12.3. The van der Waals surface area contributed by atoms with Crippen molar-refractivity contribution in [3.05, 3.63) is 51.2 Å². The Morgan fingerprint density at radius 1 is 1.21 bits per heavy atom. The molecule has 0 amide bonds. The molecule has 2 aromatic rings. The maximum absolute atomic E-state index is 12.0. The summed E-state index contributed by atoms with van der Waals surface area (Å²) in [7, 11) is 0. The molecule has 0 saturated carbocycles. The molecule has 0 saturated heterocycles. The van der Waals surface area contributed by atoms with E-state index >= 15 is 0 Å². The number of aryl methyl sites for hydroxylation is 2. The van der Waals surface area contributed by atoms with Gasteiger partial charge in [0.25, 0.3) is 0 Å². The third-order valence-electron chi connectivity index (χ3n) is 3.20. The van der Waals surface area contributed by atoms with Gasteiger partial charge in [0, 0.05) is 4.88 Å². The summed E-state index contributed by atoms with van der Waals surface area (Å²) in [5, 5.41) is 0. The van der Waals surface area contributed by atoms with E-state index in [4.69, 9.17) is 4.74 Å². The lowest BCUT2D eigenvalue weighted by Gasteiger charge is -2.09. The van der Waals surface area contributed by atoms with E-state index in [-0.39, 0.29) is 12.4 Å². The summed E-state index contributed by atoms with van der Waals surface area (Å²) in [4.78, 5) is 14.0. The lowest BCUT2D eigenvalue weighted by molar-refractivity contribution is 0.0925. The van der Waals surface area contributed by atoms with Gasteiger partial charge in [-0.15, -0.1) is 11.3 Å². The summed E-state index contributed by atoms with van der Waals surface area (Å²) < 4.78 is 5.63. The van der Waals surface area contributed by atoms with Gasteiger partial charge < -0.3 is 4.74 Å². The molecule has 2 nitrogen and oxygen atoms in total. The predicted octanol–water partition coefficient (Wildman–Crippen LogP) is 4.19. The summed E-state index contributed by atoms with van der Waals surface area (Å²) in [6, 6.07) is 9.79. The predicted molar refractivity (Wildman–Crippen MR) is 79.4 cm³/mol. The smallest absolute Gasteiger partial charge is 0.210 e. The van der Waals surface area contributed by atoms with E-state index in [1.807, 2.05) is 44.2 Å². The van der Waals surface area contributed by atoms with E-state index in [2.05, 4.69) is 6.92 Å². The first kappa shape index (κ1) is 13.8. The Bertz CT molecular complexity index is 584. The monoisotopic (exact) mass is 274 g/mol. The van der Waals surface area contributed by atoms with Crippen molar-refractivity contribution in [2.24, 2.45) is 0 Å². The van der Waals surface area contributed by atoms with Crippen LogP contribution in [0, 0.1) is 13.8 Å². The fraction of sp³-hybridized carbons (Fsp3) is 0.312. The topological polar surface area (TPSA) is 26.3 Å². The Labute approximate surface area is 118 Å². The number of hydrogen-bond acceptors (Lipinski definition) is 3. The minimum absolute atomic E-state index is 0.0469. The average molecular weight is 274 g/mol. The van der Waals surface area contributed by atoms with E-state index in [0.717, 1.165) is 22.6 Å². The van der Waals surface area contributed by atoms with Crippen LogP contribution < -0.4 is 4.74 Å². The number of rotatable bonds is 5. The van der Waals surface area contributed by atoms with Crippen LogP contribution in [-0.4, -0.2) is 12.4 Å². The molecule has 2 rings (SSSR count). The maximum atomic E-state index is 12.0. The molecule has 0 unspecified atom stereocenters. The van der Waals surface area contributed by atoms with Crippen LogP contribution in [0.25, 0.3) is 0 Å². The zero-order chi connectivity index (χ0) is 13.8. The van der Waals surface area contributed by atoms with Gasteiger partial charge in [0.1, 0.15) is 5.75 Å². The molecular formula is C16H18O2S. The van der Waals surface area contributed by atoms with Gasteiger partial charge in [-0.05, 0) is 49.6 Å². The minimum Gasteiger partial charge on any atom is -0.485 e. The third-order valence-corrected chi connectivity index (χ3v) is 4.47. The van der Waals surface area contributed by atoms with E-state index in [9.17, 15) is 4.79 Å². The fourth-order valence-corrected chi connectivity index (χ4v) is 2.68. The van der Waals surface area contributed by atoms with E-state index in [1.54, 1.807) is 11.3 Å². The zero-order valence-electron chi connectivity index (χ0n) is 11.5.